The smallest absolute Gasteiger partial charge is 0.173 e. The Hall–Kier alpha value is -0.400. The number of rotatable bonds is 8. The van der Waals surface area contributed by atoms with Gasteiger partial charge in [-0.3, -0.25) is 0 Å². The van der Waals surface area contributed by atoms with E-state index in [0.29, 0.717) is 24.3 Å². The Bertz CT molecular complexity index is 314. The highest BCUT2D eigenvalue weighted by atomic mass is 19.3. The molecule has 0 saturated heterocycles. The summed E-state index contributed by atoms with van der Waals surface area (Å²) in [6, 6.07) is 0. The summed E-state index contributed by atoms with van der Waals surface area (Å²) in [5.41, 5.74) is 0.439. The van der Waals surface area contributed by atoms with Crippen LogP contribution in [0.3, 0.4) is 0 Å². The highest BCUT2D eigenvalue weighted by Crippen LogP contribution is 2.47. The molecule has 0 aromatic carbocycles. The molecule has 0 heterocycles. The lowest BCUT2D eigenvalue weighted by Crippen LogP contribution is -2.28. The molecule has 0 radical (unpaired) electrons. The minimum absolute atomic E-state index is 0.439. The van der Waals surface area contributed by atoms with Crippen LogP contribution in [0.4, 0.5) is 8.78 Å². The molecule has 0 bridgehead atoms. The van der Waals surface area contributed by atoms with E-state index in [1.54, 1.807) is 0 Å². The topological polar surface area (TPSA) is 0 Å². The highest BCUT2D eigenvalue weighted by molar-refractivity contribution is 5.14. The van der Waals surface area contributed by atoms with Gasteiger partial charge in [-0.15, -0.1) is 0 Å². The van der Waals surface area contributed by atoms with Crippen LogP contribution >= 0.6 is 0 Å². The van der Waals surface area contributed by atoms with Gasteiger partial charge in [0.2, 0.25) is 0 Å². The van der Waals surface area contributed by atoms with E-state index in [2.05, 4.69) is 6.92 Å². The van der Waals surface area contributed by atoms with Crippen LogP contribution in [0.5, 0.6) is 0 Å². The molecule has 0 amide bonds. The van der Waals surface area contributed by atoms with E-state index in [-0.39, 0.29) is 0 Å². The van der Waals surface area contributed by atoms with Crippen LogP contribution in [-0.4, -0.2) is 0 Å². The van der Waals surface area contributed by atoms with E-state index >= 15 is 0 Å². The summed E-state index contributed by atoms with van der Waals surface area (Å²) >= 11 is 0. The van der Waals surface area contributed by atoms with Gasteiger partial charge in [-0.25, -0.2) is 0 Å². The van der Waals surface area contributed by atoms with Crippen molar-refractivity contribution >= 4 is 0 Å². The van der Waals surface area contributed by atoms with E-state index in [4.69, 9.17) is 0 Å². The number of halogens is 2. The first-order valence-electron chi connectivity index (χ1n) is 9.23. The molecular formula is C19H32F2. The Kier molecular flexibility index (Phi) is 7.19. The molecule has 0 nitrogen and oxygen atoms in total. The largest absolute Gasteiger partial charge is 0.269 e. The quantitative estimate of drug-likeness (QED) is 0.419. The van der Waals surface area contributed by atoms with Crippen LogP contribution in [0, 0.1) is 17.8 Å². The molecule has 0 unspecified atom stereocenters. The Morgan fingerprint density at radius 3 is 2.10 bits per heavy atom. The van der Waals surface area contributed by atoms with Gasteiger partial charge in [0, 0.05) is 0 Å². The highest BCUT2D eigenvalue weighted by Gasteiger charge is 2.35. The first kappa shape index (κ1) is 17.0. The second-order valence-electron chi connectivity index (χ2n) is 7.37. The third-order valence-corrected chi connectivity index (χ3v) is 5.81. The Balaban J connectivity index is 1.52. The third kappa shape index (κ3) is 5.38. The Morgan fingerprint density at radius 1 is 0.857 bits per heavy atom. The van der Waals surface area contributed by atoms with E-state index in [0.717, 1.165) is 11.8 Å². The van der Waals surface area contributed by atoms with Crippen LogP contribution in [0.15, 0.2) is 11.7 Å². The monoisotopic (exact) mass is 298 g/mol. The molecule has 0 atom stereocenters. The SMILES string of the molecule is CCCCCCCC[C@H]1CC[C@H](C2CC(=C(F)F)C2)CC1. The van der Waals surface area contributed by atoms with Gasteiger partial charge in [-0.2, -0.15) is 8.78 Å². The molecule has 0 N–H and O–H groups in total. The van der Waals surface area contributed by atoms with Gasteiger partial charge in [0.1, 0.15) is 0 Å². The average Bonchev–Trinajstić information content (AvgIpc) is 2.42. The summed E-state index contributed by atoms with van der Waals surface area (Å²) in [5, 5.41) is 0. The van der Waals surface area contributed by atoms with Gasteiger partial charge < -0.3 is 0 Å². The minimum Gasteiger partial charge on any atom is -0.173 e. The van der Waals surface area contributed by atoms with Crippen molar-refractivity contribution in [3.63, 3.8) is 0 Å². The summed E-state index contributed by atoms with van der Waals surface area (Å²) in [4.78, 5) is 0. The van der Waals surface area contributed by atoms with Crippen LogP contribution in [0.1, 0.15) is 90.4 Å². The second kappa shape index (κ2) is 8.90. The first-order valence-corrected chi connectivity index (χ1v) is 9.23. The molecule has 2 saturated carbocycles. The lowest BCUT2D eigenvalue weighted by molar-refractivity contribution is 0.161. The molecule has 21 heavy (non-hydrogen) atoms. The fraction of sp³-hybridized carbons (Fsp3) is 0.895. The molecule has 2 fully saturated rings. The zero-order valence-electron chi connectivity index (χ0n) is 13.7. The van der Waals surface area contributed by atoms with Crippen molar-refractivity contribution in [1.29, 1.82) is 0 Å². The predicted molar refractivity (Wildman–Crippen MR) is 85.4 cm³/mol. The molecule has 0 spiro atoms. The van der Waals surface area contributed by atoms with Gasteiger partial charge in [0.15, 0.2) is 0 Å². The third-order valence-electron chi connectivity index (χ3n) is 5.81. The summed E-state index contributed by atoms with van der Waals surface area (Å²) in [6.07, 6.45) is 15.0. The predicted octanol–water partition coefficient (Wildman–Crippen LogP) is 7.10. The zero-order chi connectivity index (χ0) is 15.1. The fourth-order valence-electron chi connectivity index (χ4n) is 4.22. The van der Waals surface area contributed by atoms with Gasteiger partial charge in [0.25, 0.3) is 6.08 Å². The molecular weight excluding hydrogens is 266 g/mol. The Labute approximate surface area is 129 Å². The standard InChI is InChI=1S/C19H32F2/c1-2-3-4-5-6-7-8-15-9-11-16(12-10-15)17-13-18(14-17)19(20)21/h15-17H,2-14H2,1H3/t15-,16-. The molecule has 2 heteroatoms. The van der Waals surface area contributed by atoms with E-state index in [1.807, 2.05) is 0 Å². The summed E-state index contributed by atoms with van der Waals surface area (Å²) in [5.74, 6) is 2.26. The van der Waals surface area contributed by atoms with Crippen molar-refractivity contribution in [3.05, 3.63) is 11.7 Å². The summed E-state index contributed by atoms with van der Waals surface area (Å²) in [7, 11) is 0. The molecule has 2 aliphatic carbocycles. The number of unbranched alkanes of at least 4 members (excludes halogenated alkanes) is 5. The maximum atomic E-state index is 12.4. The normalized spacial score (nSPS) is 29.3. The van der Waals surface area contributed by atoms with Crippen LogP contribution in [0.2, 0.25) is 0 Å². The lowest BCUT2D eigenvalue weighted by Gasteiger charge is -2.39. The van der Waals surface area contributed by atoms with Crippen LogP contribution < -0.4 is 0 Å². The minimum atomic E-state index is -1.40. The number of hydrogen-bond donors (Lipinski definition) is 0. The zero-order valence-corrected chi connectivity index (χ0v) is 13.7. The van der Waals surface area contributed by atoms with Crippen LogP contribution in [0.25, 0.3) is 0 Å². The molecule has 0 aliphatic heterocycles. The summed E-state index contributed by atoms with van der Waals surface area (Å²) < 4.78 is 24.8. The van der Waals surface area contributed by atoms with Gasteiger partial charge >= 0.3 is 0 Å². The van der Waals surface area contributed by atoms with Gasteiger partial charge in [0.05, 0.1) is 0 Å². The fourth-order valence-corrected chi connectivity index (χ4v) is 4.22. The van der Waals surface area contributed by atoms with E-state index in [1.165, 1.54) is 70.6 Å². The van der Waals surface area contributed by atoms with E-state index in [9.17, 15) is 8.78 Å². The number of hydrogen-bond acceptors (Lipinski definition) is 0. The van der Waals surface area contributed by atoms with E-state index < -0.39 is 6.08 Å². The molecule has 122 valence electrons. The first-order chi connectivity index (χ1) is 10.2. The maximum absolute atomic E-state index is 12.4. The van der Waals surface area contributed by atoms with Gasteiger partial charge in [-0.05, 0) is 49.0 Å². The van der Waals surface area contributed by atoms with Crippen molar-refractivity contribution in [2.75, 3.05) is 0 Å². The van der Waals surface area contributed by atoms with Crippen molar-refractivity contribution < 1.29 is 8.78 Å². The molecule has 0 aromatic heterocycles. The molecule has 0 aromatic rings. The summed E-state index contributed by atoms with van der Waals surface area (Å²) in [6.45, 7) is 2.27. The average molecular weight is 298 g/mol. The maximum Gasteiger partial charge on any atom is 0.269 e. The molecule has 2 aliphatic rings. The Morgan fingerprint density at radius 2 is 1.48 bits per heavy atom. The van der Waals surface area contributed by atoms with Crippen molar-refractivity contribution in [2.24, 2.45) is 17.8 Å². The lowest BCUT2D eigenvalue weighted by atomic mass is 9.66. The van der Waals surface area contributed by atoms with Crippen molar-refractivity contribution in [1.82, 2.24) is 0 Å². The second-order valence-corrected chi connectivity index (χ2v) is 7.37. The number of allylic oxidation sites excluding steroid dienone is 1. The molecule has 2 rings (SSSR count). The van der Waals surface area contributed by atoms with Crippen molar-refractivity contribution in [2.45, 2.75) is 90.4 Å². The van der Waals surface area contributed by atoms with Gasteiger partial charge in [-0.1, -0.05) is 64.7 Å². The van der Waals surface area contributed by atoms with Crippen molar-refractivity contribution in [3.8, 4) is 0 Å². The van der Waals surface area contributed by atoms with Crippen LogP contribution in [-0.2, 0) is 0 Å².